The fourth-order valence-corrected chi connectivity index (χ4v) is 4.02. The van der Waals surface area contributed by atoms with E-state index in [4.69, 9.17) is 9.15 Å². The van der Waals surface area contributed by atoms with Crippen molar-refractivity contribution in [3.8, 4) is 5.75 Å². The maximum Gasteiger partial charge on any atom is 0.277 e. The Hall–Kier alpha value is -2.61. The lowest BCUT2D eigenvalue weighted by molar-refractivity contribution is 0.102. The van der Waals surface area contributed by atoms with Gasteiger partial charge in [0.25, 0.3) is 11.1 Å². The molecule has 0 N–H and O–H groups in total. The van der Waals surface area contributed by atoms with E-state index in [-0.39, 0.29) is 17.4 Å². The van der Waals surface area contributed by atoms with E-state index < -0.39 is 6.10 Å². The average Bonchev–Trinajstić information content (AvgIpc) is 3.32. The zero-order valence-electron chi connectivity index (χ0n) is 16.5. The molecule has 8 heteroatoms. The van der Waals surface area contributed by atoms with E-state index in [1.165, 1.54) is 48.9 Å². The summed E-state index contributed by atoms with van der Waals surface area (Å²) in [6.45, 7) is 5.81. The number of hydrogen-bond acceptors (Lipinski definition) is 6. The monoisotopic (exact) mass is 415 g/mol. The summed E-state index contributed by atoms with van der Waals surface area (Å²) < 4.78 is 26.5. The van der Waals surface area contributed by atoms with Crippen molar-refractivity contribution < 1.29 is 18.3 Å². The Morgan fingerprint density at radius 3 is 2.72 bits per heavy atom. The standard InChI is InChI=1S/C21H22FN3O3S/c1-12-10-18(13(2)25(12)16-6-7-16)19(26)11-29-21-24-23-20(28-21)14(3)27-17-8-4-15(22)5-9-17/h4-5,8-10,14,16H,6-7,11H2,1-3H3/t14-/m1/s1. The first-order valence-electron chi connectivity index (χ1n) is 9.52. The number of aryl methyl sites for hydroxylation is 1. The third-order valence-corrected chi connectivity index (χ3v) is 5.74. The van der Waals surface area contributed by atoms with Crippen molar-refractivity contribution in [3.05, 3.63) is 59.0 Å². The van der Waals surface area contributed by atoms with Gasteiger partial charge in [0, 0.05) is 23.0 Å². The number of benzene rings is 1. The van der Waals surface area contributed by atoms with E-state index in [1.807, 2.05) is 19.9 Å². The van der Waals surface area contributed by atoms with Crippen LogP contribution >= 0.6 is 11.8 Å². The van der Waals surface area contributed by atoms with Gasteiger partial charge in [0.05, 0.1) is 5.75 Å². The Bertz CT molecular complexity index is 1020. The van der Waals surface area contributed by atoms with E-state index >= 15 is 0 Å². The highest BCUT2D eigenvalue weighted by atomic mass is 32.2. The number of ketones is 1. The molecule has 0 radical (unpaired) electrons. The second kappa shape index (κ2) is 8.02. The molecule has 1 atom stereocenters. The van der Waals surface area contributed by atoms with Gasteiger partial charge in [0.15, 0.2) is 11.9 Å². The SMILES string of the molecule is Cc1cc(C(=O)CSc2nnc([C@@H](C)Oc3ccc(F)cc3)o2)c(C)n1C1CC1. The summed E-state index contributed by atoms with van der Waals surface area (Å²) in [7, 11) is 0. The summed E-state index contributed by atoms with van der Waals surface area (Å²) in [5.74, 6) is 0.752. The molecule has 0 spiro atoms. The summed E-state index contributed by atoms with van der Waals surface area (Å²) in [5, 5.41) is 8.31. The van der Waals surface area contributed by atoms with Crippen LogP contribution in [0.4, 0.5) is 4.39 Å². The van der Waals surface area contributed by atoms with Crippen molar-refractivity contribution in [2.75, 3.05) is 5.75 Å². The molecule has 3 aromatic rings. The lowest BCUT2D eigenvalue weighted by atomic mass is 10.2. The van der Waals surface area contributed by atoms with E-state index in [1.54, 1.807) is 6.92 Å². The van der Waals surface area contributed by atoms with Gasteiger partial charge in [-0.2, -0.15) is 0 Å². The number of hydrogen-bond donors (Lipinski definition) is 0. The minimum atomic E-state index is -0.490. The van der Waals surface area contributed by atoms with E-state index in [0.717, 1.165) is 17.0 Å². The number of Topliss-reactive ketones (excluding diaryl/α,β-unsaturated/α-hetero) is 1. The number of thioether (sulfide) groups is 1. The van der Waals surface area contributed by atoms with Crippen molar-refractivity contribution in [3.63, 3.8) is 0 Å². The van der Waals surface area contributed by atoms with Crippen LogP contribution in [0.2, 0.25) is 0 Å². The molecule has 29 heavy (non-hydrogen) atoms. The van der Waals surface area contributed by atoms with Gasteiger partial charge < -0.3 is 13.7 Å². The summed E-state index contributed by atoms with van der Waals surface area (Å²) >= 11 is 1.21. The number of carbonyl (C=O) groups excluding carboxylic acids is 1. The summed E-state index contributed by atoms with van der Waals surface area (Å²) in [5.41, 5.74) is 2.92. The molecule has 0 aliphatic heterocycles. The molecule has 1 fully saturated rings. The van der Waals surface area contributed by atoms with Gasteiger partial charge in [-0.15, -0.1) is 10.2 Å². The Labute approximate surface area is 172 Å². The van der Waals surface area contributed by atoms with Crippen LogP contribution in [0, 0.1) is 19.7 Å². The maximum absolute atomic E-state index is 13.0. The van der Waals surface area contributed by atoms with Gasteiger partial charge in [0.2, 0.25) is 0 Å². The number of aromatic nitrogens is 3. The van der Waals surface area contributed by atoms with Crippen LogP contribution < -0.4 is 4.74 Å². The highest BCUT2D eigenvalue weighted by Crippen LogP contribution is 2.38. The second-order valence-corrected chi connectivity index (χ2v) is 8.14. The van der Waals surface area contributed by atoms with Crippen LogP contribution in [-0.2, 0) is 0 Å². The van der Waals surface area contributed by atoms with Gasteiger partial charge >= 0.3 is 0 Å². The van der Waals surface area contributed by atoms with Crippen molar-refractivity contribution in [1.82, 2.24) is 14.8 Å². The second-order valence-electron chi connectivity index (χ2n) is 7.22. The first-order chi connectivity index (χ1) is 13.9. The Kier molecular flexibility index (Phi) is 5.45. The molecule has 4 rings (SSSR count). The minimum Gasteiger partial charge on any atom is -0.481 e. The number of carbonyl (C=O) groups is 1. The molecule has 0 amide bonds. The predicted molar refractivity (Wildman–Crippen MR) is 107 cm³/mol. The van der Waals surface area contributed by atoms with Gasteiger partial charge in [-0.1, -0.05) is 11.8 Å². The minimum absolute atomic E-state index is 0.0466. The highest BCUT2D eigenvalue weighted by molar-refractivity contribution is 7.99. The lowest BCUT2D eigenvalue weighted by Gasteiger charge is -2.10. The molecule has 0 unspecified atom stereocenters. The average molecular weight is 415 g/mol. The zero-order chi connectivity index (χ0) is 20.5. The highest BCUT2D eigenvalue weighted by Gasteiger charge is 2.28. The third-order valence-electron chi connectivity index (χ3n) is 4.92. The van der Waals surface area contributed by atoms with Crippen molar-refractivity contribution in [2.24, 2.45) is 0 Å². The lowest BCUT2D eigenvalue weighted by Crippen LogP contribution is -2.05. The molecule has 152 valence electrons. The molecule has 0 bridgehead atoms. The smallest absolute Gasteiger partial charge is 0.277 e. The number of rotatable bonds is 8. The first-order valence-corrected chi connectivity index (χ1v) is 10.5. The van der Waals surface area contributed by atoms with Crippen LogP contribution in [0.15, 0.2) is 40.0 Å². The molecular weight excluding hydrogens is 393 g/mol. The fraction of sp³-hybridized carbons (Fsp3) is 0.381. The summed E-state index contributed by atoms with van der Waals surface area (Å²) in [6.07, 6.45) is 1.87. The first kappa shape index (κ1) is 19.7. The Morgan fingerprint density at radius 1 is 1.31 bits per heavy atom. The molecule has 6 nitrogen and oxygen atoms in total. The Morgan fingerprint density at radius 2 is 2.03 bits per heavy atom. The fourth-order valence-electron chi connectivity index (χ4n) is 3.37. The van der Waals surface area contributed by atoms with Crippen molar-refractivity contribution in [1.29, 1.82) is 0 Å². The van der Waals surface area contributed by atoms with Gasteiger partial charge in [-0.25, -0.2) is 4.39 Å². The van der Waals surface area contributed by atoms with Crippen molar-refractivity contribution >= 4 is 17.5 Å². The van der Waals surface area contributed by atoms with Crippen LogP contribution in [0.5, 0.6) is 5.75 Å². The van der Waals surface area contributed by atoms with Gasteiger partial charge in [-0.05, 0) is 63.9 Å². The van der Waals surface area contributed by atoms with E-state index in [9.17, 15) is 9.18 Å². The molecule has 0 saturated heterocycles. The maximum atomic E-state index is 13.0. The molecule has 1 saturated carbocycles. The molecule has 2 heterocycles. The number of halogens is 1. The summed E-state index contributed by atoms with van der Waals surface area (Å²) in [4.78, 5) is 12.7. The van der Waals surface area contributed by atoms with Crippen molar-refractivity contribution in [2.45, 2.75) is 51.0 Å². The molecule has 1 aliphatic rings. The van der Waals surface area contributed by atoms with Crippen LogP contribution in [0.1, 0.15) is 59.5 Å². The van der Waals surface area contributed by atoms with Gasteiger partial charge in [-0.3, -0.25) is 4.79 Å². The zero-order valence-corrected chi connectivity index (χ0v) is 17.3. The third kappa shape index (κ3) is 4.37. The quantitative estimate of drug-likeness (QED) is 0.378. The summed E-state index contributed by atoms with van der Waals surface area (Å²) in [6, 6.07) is 8.23. The van der Waals surface area contributed by atoms with Gasteiger partial charge in [0.1, 0.15) is 11.6 Å². The van der Waals surface area contributed by atoms with Crippen LogP contribution in [0.3, 0.4) is 0 Å². The van der Waals surface area contributed by atoms with E-state index in [0.29, 0.717) is 22.9 Å². The topological polar surface area (TPSA) is 70.2 Å². The Balaban J connectivity index is 1.36. The predicted octanol–water partition coefficient (Wildman–Crippen LogP) is 5.08. The number of ether oxygens (including phenoxy) is 1. The van der Waals surface area contributed by atoms with E-state index in [2.05, 4.69) is 14.8 Å². The number of nitrogens with zero attached hydrogens (tertiary/aromatic N) is 3. The molecule has 1 aliphatic carbocycles. The molecule has 2 aromatic heterocycles. The molecular formula is C21H22FN3O3S. The normalized spacial score (nSPS) is 14.8. The van der Waals surface area contributed by atoms with Crippen LogP contribution in [0.25, 0.3) is 0 Å². The van der Waals surface area contributed by atoms with Crippen LogP contribution in [-0.4, -0.2) is 26.3 Å². The molecule has 1 aromatic carbocycles. The largest absolute Gasteiger partial charge is 0.481 e.